The third-order valence-electron chi connectivity index (χ3n) is 7.36. The summed E-state index contributed by atoms with van der Waals surface area (Å²) in [7, 11) is 0. The molecule has 0 spiro atoms. The molecular weight excluding hydrogens is 454 g/mol. The Morgan fingerprint density at radius 2 is 1.92 bits per heavy atom. The smallest absolute Gasteiger partial charge is 0.225 e. The number of hydrogen-bond acceptors (Lipinski definition) is 8. The van der Waals surface area contributed by atoms with Gasteiger partial charge in [0.25, 0.3) is 0 Å². The van der Waals surface area contributed by atoms with Crippen molar-refractivity contribution in [3.63, 3.8) is 0 Å². The Hall–Kier alpha value is -3.30. The van der Waals surface area contributed by atoms with Gasteiger partial charge in [-0.25, -0.2) is 9.97 Å². The molecule has 2 N–H and O–H groups in total. The summed E-state index contributed by atoms with van der Waals surface area (Å²) in [4.78, 5) is 30.8. The number of nitrogens with zero attached hydrogens (tertiary/aromatic N) is 5. The molecule has 1 atom stereocenters. The minimum absolute atomic E-state index is 0.295. The van der Waals surface area contributed by atoms with Gasteiger partial charge in [0.15, 0.2) is 5.82 Å². The quantitative estimate of drug-likeness (QED) is 0.548. The van der Waals surface area contributed by atoms with Crippen LogP contribution in [0.25, 0.3) is 22.3 Å². The van der Waals surface area contributed by atoms with Gasteiger partial charge in [0.2, 0.25) is 5.91 Å². The number of nitrogens with one attached hydrogen (secondary N) is 2. The van der Waals surface area contributed by atoms with Gasteiger partial charge in [-0.2, -0.15) is 0 Å². The maximum atomic E-state index is 12.4. The maximum Gasteiger partial charge on any atom is 0.225 e. The summed E-state index contributed by atoms with van der Waals surface area (Å²) in [5.41, 5.74) is 4.30. The van der Waals surface area contributed by atoms with Crippen molar-refractivity contribution in [2.45, 2.75) is 25.4 Å². The van der Waals surface area contributed by atoms with E-state index in [-0.39, 0.29) is 5.60 Å². The Bertz CT molecular complexity index is 1230. The molecule has 6 rings (SSSR count). The van der Waals surface area contributed by atoms with Crippen LogP contribution in [0, 0.1) is 5.92 Å². The van der Waals surface area contributed by atoms with Crippen molar-refractivity contribution in [1.82, 2.24) is 25.2 Å². The van der Waals surface area contributed by atoms with E-state index in [1.165, 1.54) is 5.69 Å². The Labute approximate surface area is 211 Å². The van der Waals surface area contributed by atoms with Gasteiger partial charge < -0.3 is 25.2 Å². The van der Waals surface area contributed by atoms with Gasteiger partial charge in [0.05, 0.1) is 23.4 Å². The van der Waals surface area contributed by atoms with Crippen LogP contribution in [-0.2, 0) is 9.53 Å². The number of anilines is 2. The van der Waals surface area contributed by atoms with Crippen LogP contribution in [-0.4, -0.2) is 83.8 Å². The lowest BCUT2D eigenvalue weighted by atomic mass is 10.1. The number of carbonyl (C=O) groups is 1. The summed E-state index contributed by atoms with van der Waals surface area (Å²) in [5, 5.41) is 6.87. The van der Waals surface area contributed by atoms with Gasteiger partial charge in [-0.15, -0.1) is 0 Å². The number of morpholine rings is 1. The van der Waals surface area contributed by atoms with Crippen LogP contribution in [0.15, 0.2) is 42.7 Å². The zero-order valence-electron chi connectivity index (χ0n) is 20.7. The van der Waals surface area contributed by atoms with Crippen molar-refractivity contribution < 1.29 is 9.53 Å². The van der Waals surface area contributed by atoms with Gasteiger partial charge in [0, 0.05) is 75.4 Å². The molecule has 9 nitrogen and oxygen atoms in total. The third kappa shape index (κ3) is 4.85. The number of aromatic nitrogens is 3. The number of ether oxygens (including phenoxy) is 1. The lowest BCUT2D eigenvalue weighted by Crippen LogP contribution is -2.51. The summed E-state index contributed by atoms with van der Waals surface area (Å²) >= 11 is 0. The highest BCUT2D eigenvalue weighted by Gasteiger charge is 2.34. The van der Waals surface area contributed by atoms with E-state index in [4.69, 9.17) is 9.72 Å². The fourth-order valence-electron chi connectivity index (χ4n) is 5.02. The molecule has 188 valence electrons. The van der Waals surface area contributed by atoms with Crippen molar-refractivity contribution in [3.05, 3.63) is 42.7 Å². The van der Waals surface area contributed by atoms with E-state index < -0.39 is 0 Å². The highest BCUT2D eigenvalue weighted by Crippen LogP contribution is 2.32. The number of rotatable bonds is 6. The topological polar surface area (TPSA) is 95.5 Å². The van der Waals surface area contributed by atoms with E-state index in [2.05, 4.69) is 56.7 Å². The number of fused-ring (bicyclic) bond motifs is 1. The number of amides is 1. The van der Waals surface area contributed by atoms with Crippen molar-refractivity contribution in [3.8, 4) is 11.3 Å². The monoisotopic (exact) mass is 487 g/mol. The van der Waals surface area contributed by atoms with Crippen LogP contribution in [0.5, 0.6) is 0 Å². The summed E-state index contributed by atoms with van der Waals surface area (Å²) < 4.78 is 6.00. The molecule has 1 aliphatic carbocycles. The molecule has 3 fully saturated rings. The second-order valence-electron chi connectivity index (χ2n) is 10.2. The number of pyridine rings is 1. The normalized spacial score (nSPS) is 22.6. The first-order valence-electron chi connectivity index (χ1n) is 12.9. The van der Waals surface area contributed by atoms with E-state index in [1.54, 1.807) is 12.4 Å². The molecule has 0 unspecified atom stereocenters. The molecular formula is C27H33N7O2. The molecule has 0 bridgehead atoms. The van der Waals surface area contributed by atoms with E-state index in [0.29, 0.717) is 30.8 Å². The zero-order chi connectivity index (χ0) is 24.5. The molecule has 2 aromatic heterocycles. The summed E-state index contributed by atoms with van der Waals surface area (Å²) in [6.07, 6.45) is 5.54. The average molecular weight is 488 g/mol. The number of benzene rings is 1. The first-order chi connectivity index (χ1) is 17.6. The molecule has 1 aromatic carbocycles. The Morgan fingerprint density at radius 1 is 1.14 bits per heavy atom. The molecule has 9 heteroatoms. The van der Waals surface area contributed by atoms with Crippen molar-refractivity contribution >= 4 is 28.4 Å². The fourth-order valence-corrected chi connectivity index (χ4v) is 5.02. The number of carbonyl (C=O) groups excluding carboxylic acids is 1. The SMILES string of the molecule is C[C@]1(CNc2nc(-c3ccc(N4CCN(C(=O)C5CC5)CC4)cc3)cc3nccnc23)CNCCO1. The molecule has 2 aliphatic heterocycles. The standard InChI is InChI=1S/C27H33N7O2/c1-27(17-28-10-15-36-27)18-31-25-24-23(29-8-9-30-24)16-22(32-25)19-4-6-21(7-5-19)33-11-13-34(14-12-33)26(35)20-2-3-20/h4-9,16,20,28H,2-3,10-15,17-18H2,1H3,(H,31,32)/t27-/m1/s1. The molecule has 36 heavy (non-hydrogen) atoms. The minimum atomic E-state index is -0.306. The zero-order valence-corrected chi connectivity index (χ0v) is 20.7. The Morgan fingerprint density at radius 3 is 2.64 bits per heavy atom. The highest BCUT2D eigenvalue weighted by molar-refractivity contribution is 5.88. The minimum Gasteiger partial charge on any atom is -0.371 e. The lowest BCUT2D eigenvalue weighted by molar-refractivity contribution is -0.132. The Balaban J connectivity index is 1.18. The summed E-state index contributed by atoms with van der Waals surface area (Å²) in [5.74, 6) is 1.36. The average Bonchev–Trinajstić information content (AvgIpc) is 3.78. The van der Waals surface area contributed by atoms with Gasteiger partial charge in [-0.1, -0.05) is 12.1 Å². The fraction of sp³-hybridized carbons (Fsp3) is 0.481. The van der Waals surface area contributed by atoms with E-state index in [1.807, 2.05) is 11.0 Å². The largest absolute Gasteiger partial charge is 0.371 e. The van der Waals surface area contributed by atoms with Crippen molar-refractivity contribution in [2.24, 2.45) is 5.92 Å². The van der Waals surface area contributed by atoms with Crippen LogP contribution < -0.4 is 15.5 Å². The van der Waals surface area contributed by atoms with Crippen LogP contribution in [0.4, 0.5) is 11.5 Å². The predicted molar refractivity (Wildman–Crippen MR) is 140 cm³/mol. The predicted octanol–water partition coefficient (Wildman–Crippen LogP) is 2.54. The second kappa shape index (κ2) is 9.63. The summed E-state index contributed by atoms with van der Waals surface area (Å²) in [6, 6.07) is 10.5. The van der Waals surface area contributed by atoms with Crippen LogP contribution in [0.1, 0.15) is 19.8 Å². The summed E-state index contributed by atoms with van der Waals surface area (Å²) in [6.45, 7) is 8.42. The molecule has 1 saturated carbocycles. The number of hydrogen-bond donors (Lipinski definition) is 2. The molecule has 2 saturated heterocycles. The first-order valence-corrected chi connectivity index (χ1v) is 12.9. The molecule has 4 heterocycles. The van der Waals surface area contributed by atoms with Crippen LogP contribution in [0.3, 0.4) is 0 Å². The van der Waals surface area contributed by atoms with Gasteiger partial charge in [-0.05, 0) is 38.0 Å². The van der Waals surface area contributed by atoms with Gasteiger partial charge in [0.1, 0.15) is 5.52 Å². The van der Waals surface area contributed by atoms with Gasteiger partial charge in [-0.3, -0.25) is 9.78 Å². The molecule has 0 radical (unpaired) electrons. The van der Waals surface area contributed by atoms with Gasteiger partial charge >= 0.3 is 0 Å². The van der Waals surface area contributed by atoms with E-state index in [9.17, 15) is 4.79 Å². The maximum absolute atomic E-state index is 12.4. The Kier molecular flexibility index (Phi) is 6.18. The highest BCUT2D eigenvalue weighted by atomic mass is 16.5. The van der Waals surface area contributed by atoms with Crippen LogP contribution >= 0.6 is 0 Å². The van der Waals surface area contributed by atoms with E-state index >= 15 is 0 Å². The number of piperazine rings is 1. The first kappa shape index (κ1) is 23.1. The molecule has 3 aromatic rings. The lowest BCUT2D eigenvalue weighted by Gasteiger charge is -2.36. The van der Waals surface area contributed by atoms with E-state index in [0.717, 1.165) is 74.4 Å². The van der Waals surface area contributed by atoms with Crippen LogP contribution in [0.2, 0.25) is 0 Å². The molecule has 3 aliphatic rings. The van der Waals surface area contributed by atoms with Crippen molar-refractivity contribution in [2.75, 3.05) is 62.6 Å². The third-order valence-corrected chi connectivity index (χ3v) is 7.36. The molecule has 1 amide bonds. The second-order valence-corrected chi connectivity index (χ2v) is 10.2. The van der Waals surface area contributed by atoms with Crippen molar-refractivity contribution in [1.29, 1.82) is 0 Å².